The predicted molar refractivity (Wildman–Crippen MR) is 175 cm³/mol. The number of sulfonamides is 1. The first-order valence-electron chi connectivity index (χ1n) is 14.0. The minimum atomic E-state index is -5.05. The van der Waals surface area contributed by atoms with E-state index in [-0.39, 0.29) is 40.8 Å². The molecule has 0 fully saturated rings. The molecule has 0 aliphatic rings. The third kappa shape index (κ3) is 8.99. The van der Waals surface area contributed by atoms with Crippen LogP contribution in [-0.2, 0) is 21.5 Å². The van der Waals surface area contributed by atoms with Crippen LogP contribution in [-0.4, -0.2) is 54.5 Å². The number of anilines is 3. The highest BCUT2D eigenvalue weighted by Gasteiger charge is 2.28. The van der Waals surface area contributed by atoms with Gasteiger partial charge in [0, 0.05) is 37.7 Å². The van der Waals surface area contributed by atoms with Crippen LogP contribution in [0.3, 0.4) is 0 Å². The van der Waals surface area contributed by atoms with Crippen LogP contribution >= 0.6 is 11.6 Å². The third-order valence-corrected chi connectivity index (χ3v) is 9.53. The van der Waals surface area contributed by atoms with Crippen molar-refractivity contribution in [2.75, 3.05) is 16.6 Å². The largest absolute Gasteiger partial charge is 0.484 e. The first kappa shape index (κ1) is 34.7. The van der Waals surface area contributed by atoms with Gasteiger partial charge in [0.15, 0.2) is 0 Å². The molecule has 12 nitrogen and oxygen atoms in total. The second kappa shape index (κ2) is 14.5. The van der Waals surface area contributed by atoms with Crippen LogP contribution in [0.15, 0.2) is 61.1 Å². The van der Waals surface area contributed by atoms with Gasteiger partial charge in [-0.2, -0.15) is 13.9 Å². The number of alkyl halides is 2. The molecule has 46 heavy (non-hydrogen) atoms. The summed E-state index contributed by atoms with van der Waals surface area (Å²) in [6.45, 7) is 8.75. The van der Waals surface area contributed by atoms with Crippen molar-refractivity contribution < 1.29 is 31.5 Å². The lowest BCUT2D eigenvalue weighted by Gasteiger charge is -2.19. The van der Waals surface area contributed by atoms with Crippen LogP contribution in [0, 0.1) is 0 Å². The molecule has 2 aromatic heterocycles. The average Bonchev–Trinajstić information content (AvgIpc) is 3.34. The minimum absolute atomic E-state index is 0.0305. The monoisotopic (exact) mass is 693 g/mol. The van der Waals surface area contributed by atoms with Crippen LogP contribution in [0.2, 0.25) is 30.7 Å². The smallest absolute Gasteiger partial charge is 0.355 e. The van der Waals surface area contributed by atoms with E-state index in [1.54, 1.807) is 31.2 Å². The Morgan fingerprint density at radius 1 is 1.13 bits per heavy atom. The lowest BCUT2D eigenvalue weighted by atomic mass is 10.1. The summed E-state index contributed by atoms with van der Waals surface area (Å²) in [7, 11) is -6.45. The summed E-state index contributed by atoms with van der Waals surface area (Å²) in [5, 5.41) is 8.14. The molecule has 0 unspecified atom stereocenters. The Morgan fingerprint density at radius 3 is 2.46 bits per heavy atom. The van der Waals surface area contributed by atoms with E-state index >= 15 is 0 Å². The Morgan fingerprint density at radius 2 is 1.85 bits per heavy atom. The normalized spacial score (nSPS) is 12.6. The lowest BCUT2D eigenvalue weighted by molar-refractivity contribution is 0.0802. The molecule has 0 spiro atoms. The average molecular weight is 694 g/mol. The summed E-state index contributed by atoms with van der Waals surface area (Å²) in [5.74, 6) is -4.16. The molecular formula is C29H34ClF2N7O5SSi. The molecule has 4 N–H and O–H groups in total. The molecule has 1 atom stereocenters. The summed E-state index contributed by atoms with van der Waals surface area (Å²) in [6, 6.07) is 11.6. The standard InChI is InChI=1S/C29H34ClF2N7O5SSi/c1-18(19-5-8-21(30)9-6-19)44-23-15-20(7-10-22(23)38-45(41,42)29(31)32)26-25(27(33)40)28(36-24-16-34-11-12-35-24)39(37-26)17-43-13-14-46(2,3)4/h5-12,15-16,18,29,38H,13-14,17H2,1-4H3,(H2,33,40)(H,35,36)/t18-/m0/s1. The Hall–Kier alpha value is -4.12. The molecule has 246 valence electrons. The summed E-state index contributed by atoms with van der Waals surface area (Å²) in [4.78, 5) is 21.2. The Kier molecular flexibility index (Phi) is 11.0. The number of primary amides is 1. The van der Waals surface area contributed by atoms with Crippen molar-refractivity contribution in [3.8, 4) is 17.0 Å². The summed E-state index contributed by atoms with van der Waals surface area (Å²) in [5.41, 5.74) is 6.62. The van der Waals surface area contributed by atoms with E-state index in [1.807, 2.05) is 4.72 Å². The topological polar surface area (TPSA) is 163 Å². The van der Waals surface area contributed by atoms with Gasteiger partial charge in [0.25, 0.3) is 15.9 Å². The SMILES string of the molecule is C[C@H](Oc1cc(-c2nn(COCC[Si](C)(C)C)c(Nc3cnccn3)c2C(N)=O)ccc1NS(=O)(=O)C(F)F)c1ccc(Cl)cc1. The number of ether oxygens (including phenoxy) is 2. The van der Waals surface area contributed by atoms with Gasteiger partial charge in [-0.3, -0.25) is 14.5 Å². The fourth-order valence-electron chi connectivity index (χ4n) is 4.17. The summed E-state index contributed by atoms with van der Waals surface area (Å²) < 4.78 is 66.1. The van der Waals surface area contributed by atoms with Gasteiger partial charge in [-0.1, -0.05) is 49.4 Å². The lowest BCUT2D eigenvalue weighted by Crippen LogP contribution is -2.22. The van der Waals surface area contributed by atoms with Crippen LogP contribution in [0.25, 0.3) is 11.3 Å². The van der Waals surface area contributed by atoms with Crippen molar-refractivity contribution in [1.82, 2.24) is 19.7 Å². The van der Waals surface area contributed by atoms with E-state index in [2.05, 4.69) is 40.0 Å². The Labute approximate surface area is 271 Å². The zero-order valence-electron chi connectivity index (χ0n) is 25.5. The molecule has 0 saturated heterocycles. The summed E-state index contributed by atoms with van der Waals surface area (Å²) >= 11 is 6.00. The first-order chi connectivity index (χ1) is 21.6. The molecule has 2 aromatic carbocycles. The minimum Gasteiger partial charge on any atom is -0.484 e. The fourth-order valence-corrected chi connectivity index (χ4v) is 5.62. The number of carbonyl (C=O) groups excluding carboxylic acids is 1. The molecule has 0 radical (unpaired) electrons. The number of nitrogens with one attached hydrogen (secondary N) is 2. The van der Waals surface area contributed by atoms with Gasteiger partial charge < -0.3 is 20.5 Å². The Balaban J connectivity index is 1.81. The van der Waals surface area contributed by atoms with Gasteiger partial charge in [0.2, 0.25) is 0 Å². The molecular weight excluding hydrogens is 660 g/mol. The maximum atomic E-state index is 13.3. The number of aromatic nitrogens is 4. The number of carbonyl (C=O) groups is 1. The van der Waals surface area contributed by atoms with Gasteiger partial charge in [-0.05, 0) is 42.8 Å². The number of halogens is 3. The van der Waals surface area contributed by atoms with E-state index in [0.717, 1.165) is 6.04 Å². The number of hydrogen-bond acceptors (Lipinski definition) is 9. The number of nitrogens with two attached hydrogens (primary N) is 1. The van der Waals surface area contributed by atoms with Crippen molar-refractivity contribution in [2.24, 2.45) is 5.73 Å². The zero-order chi connectivity index (χ0) is 33.6. The molecule has 4 aromatic rings. The van der Waals surface area contributed by atoms with Crippen LogP contribution in [0.5, 0.6) is 5.75 Å². The number of amides is 1. The van der Waals surface area contributed by atoms with Gasteiger partial charge in [0.05, 0.1) is 11.9 Å². The van der Waals surface area contributed by atoms with Gasteiger partial charge in [-0.15, -0.1) is 0 Å². The quantitative estimate of drug-likeness (QED) is 0.0964. The van der Waals surface area contributed by atoms with Gasteiger partial charge in [0.1, 0.15) is 41.5 Å². The van der Waals surface area contributed by atoms with Gasteiger partial charge >= 0.3 is 5.76 Å². The highest BCUT2D eigenvalue weighted by molar-refractivity contribution is 7.93. The van der Waals surface area contributed by atoms with E-state index < -0.39 is 35.9 Å². The highest BCUT2D eigenvalue weighted by atomic mass is 35.5. The van der Waals surface area contributed by atoms with Crippen LogP contribution in [0.4, 0.5) is 26.1 Å². The fraction of sp³-hybridized carbons (Fsp3) is 0.310. The molecule has 0 aliphatic heterocycles. The van der Waals surface area contributed by atoms with Crippen LogP contribution in [0.1, 0.15) is 28.9 Å². The molecule has 17 heteroatoms. The van der Waals surface area contributed by atoms with Crippen molar-refractivity contribution in [1.29, 1.82) is 0 Å². The maximum Gasteiger partial charge on any atom is 0.355 e. The molecule has 0 bridgehead atoms. The first-order valence-corrected chi connectivity index (χ1v) is 19.7. The second-order valence-electron chi connectivity index (χ2n) is 11.4. The molecule has 1 amide bonds. The van der Waals surface area contributed by atoms with E-state index in [4.69, 9.17) is 26.8 Å². The highest BCUT2D eigenvalue weighted by Crippen LogP contribution is 2.38. The van der Waals surface area contributed by atoms with Gasteiger partial charge in [-0.25, -0.2) is 18.1 Å². The number of hydrogen-bond donors (Lipinski definition) is 3. The van der Waals surface area contributed by atoms with Crippen molar-refractivity contribution >= 4 is 52.9 Å². The van der Waals surface area contributed by atoms with Crippen molar-refractivity contribution in [3.63, 3.8) is 0 Å². The van der Waals surface area contributed by atoms with E-state index in [0.29, 0.717) is 23.0 Å². The number of nitrogens with zero attached hydrogens (tertiary/aromatic N) is 4. The third-order valence-electron chi connectivity index (χ3n) is 6.60. The molecule has 0 saturated carbocycles. The maximum absolute atomic E-state index is 13.3. The van der Waals surface area contributed by atoms with Crippen molar-refractivity contribution in [3.05, 3.63) is 77.2 Å². The van der Waals surface area contributed by atoms with E-state index in [1.165, 1.54) is 41.5 Å². The van der Waals surface area contributed by atoms with Crippen LogP contribution < -0.4 is 20.5 Å². The Bertz CT molecular complexity index is 1770. The molecule has 0 aliphatic carbocycles. The molecule has 2 heterocycles. The number of rotatable bonds is 15. The second-order valence-corrected chi connectivity index (χ2v) is 19.1. The predicted octanol–water partition coefficient (Wildman–Crippen LogP) is 6.25. The molecule has 4 rings (SSSR count). The van der Waals surface area contributed by atoms with E-state index in [9.17, 15) is 22.0 Å². The summed E-state index contributed by atoms with van der Waals surface area (Å²) in [6.07, 6.45) is 3.72. The number of benzene rings is 2. The van der Waals surface area contributed by atoms with Crippen molar-refractivity contribution in [2.45, 2.75) is 51.2 Å². The zero-order valence-corrected chi connectivity index (χ0v) is 28.1.